The topological polar surface area (TPSA) is 69.6 Å². The van der Waals surface area contributed by atoms with Gasteiger partial charge in [0, 0.05) is 13.1 Å². The number of nitrogens with zero attached hydrogens (tertiary/aromatic N) is 1. The Balaban J connectivity index is 1.87. The largest absolute Gasteiger partial charge is 0.480 e. The van der Waals surface area contributed by atoms with E-state index in [1.807, 2.05) is 0 Å². The number of carbonyl (C=O) groups is 2. The molecule has 0 spiro atoms. The van der Waals surface area contributed by atoms with Crippen molar-refractivity contribution in [2.24, 2.45) is 11.8 Å². The minimum atomic E-state index is -0.976. The fourth-order valence-electron chi connectivity index (χ4n) is 3.02. The summed E-state index contributed by atoms with van der Waals surface area (Å²) >= 11 is 0. The third-order valence-corrected chi connectivity index (χ3v) is 4.31. The summed E-state index contributed by atoms with van der Waals surface area (Å²) < 4.78 is 0. The van der Waals surface area contributed by atoms with E-state index in [9.17, 15) is 9.59 Å². The smallest absolute Gasteiger partial charge is 0.326 e. The van der Waals surface area contributed by atoms with Gasteiger partial charge in [0.15, 0.2) is 0 Å². The van der Waals surface area contributed by atoms with Crippen LogP contribution in [-0.2, 0) is 4.79 Å². The average molecular weight is 240 g/mol. The maximum absolute atomic E-state index is 11.9. The first kappa shape index (κ1) is 12.2. The molecule has 17 heavy (non-hydrogen) atoms. The van der Waals surface area contributed by atoms with Gasteiger partial charge in [-0.3, -0.25) is 0 Å². The molecule has 2 aliphatic carbocycles. The van der Waals surface area contributed by atoms with Gasteiger partial charge in [0.05, 0.1) is 0 Å². The van der Waals surface area contributed by atoms with Crippen molar-refractivity contribution >= 4 is 12.0 Å². The van der Waals surface area contributed by atoms with E-state index in [1.54, 1.807) is 0 Å². The van der Waals surface area contributed by atoms with Crippen LogP contribution in [0.4, 0.5) is 4.79 Å². The Kier molecular flexibility index (Phi) is 3.26. The molecule has 2 bridgehead atoms. The number of fused-ring (bicyclic) bond motifs is 2. The Morgan fingerprint density at radius 1 is 1.35 bits per heavy atom. The zero-order valence-electron chi connectivity index (χ0n) is 10.3. The van der Waals surface area contributed by atoms with E-state index in [0.29, 0.717) is 5.92 Å². The van der Waals surface area contributed by atoms with E-state index in [-0.39, 0.29) is 12.1 Å². The van der Waals surface area contributed by atoms with Gasteiger partial charge in [-0.15, -0.1) is 0 Å². The molecule has 5 heteroatoms. The number of carbonyl (C=O) groups excluding carboxylic acids is 1. The Morgan fingerprint density at radius 2 is 2.06 bits per heavy atom. The molecule has 0 aromatic rings. The van der Waals surface area contributed by atoms with Crippen LogP contribution in [0, 0.1) is 11.8 Å². The van der Waals surface area contributed by atoms with Gasteiger partial charge in [0.1, 0.15) is 6.04 Å². The van der Waals surface area contributed by atoms with Crippen LogP contribution in [-0.4, -0.2) is 41.1 Å². The highest BCUT2D eigenvalue weighted by molar-refractivity contribution is 5.82. The fourth-order valence-corrected chi connectivity index (χ4v) is 3.02. The molecule has 4 atom stereocenters. The second kappa shape index (κ2) is 4.55. The number of amides is 2. The molecule has 0 radical (unpaired) electrons. The van der Waals surface area contributed by atoms with Crippen LogP contribution < -0.4 is 5.32 Å². The first-order chi connectivity index (χ1) is 7.99. The molecule has 0 heterocycles. The van der Waals surface area contributed by atoms with Crippen LogP contribution in [0.2, 0.25) is 0 Å². The molecule has 2 amide bonds. The molecular formula is C12H20N2O3. The van der Waals surface area contributed by atoms with E-state index in [1.165, 1.54) is 38.1 Å². The highest BCUT2D eigenvalue weighted by Gasteiger charge is 2.40. The van der Waals surface area contributed by atoms with Gasteiger partial charge in [0.2, 0.25) is 0 Å². The second-order valence-corrected chi connectivity index (χ2v) is 5.36. The molecule has 2 saturated carbocycles. The van der Waals surface area contributed by atoms with Gasteiger partial charge < -0.3 is 15.3 Å². The highest BCUT2D eigenvalue weighted by atomic mass is 16.4. The van der Waals surface area contributed by atoms with E-state index in [2.05, 4.69) is 5.32 Å². The Hall–Kier alpha value is -1.26. The molecule has 0 aromatic carbocycles. The molecular weight excluding hydrogens is 220 g/mol. The molecule has 2 aliphatic rings. The number of likely N-dealkylation sites (N-methyl/N-ethyl adjacent to an activating group) is 1. The number of carboxylic acids is 1. The Labute approximate surface area is 101 Å². The quantitative estimate of drug-likeness (QED) is 0.781. The van der Waals surface area contributed by atoms with Crippen molar-refractivity contribution in [1.29, 1.82) is 0 Å². The van der Waals surface area contributed by atoms with Crippen LogP contribution in [0.15, 0.2) is 0 Å². The molecule has 4 unspecified atom stereocenters. The van der Waals surface area contributed by atoms with E-state index >= 15 is 0 Å². The van der Waals surface area contributed by atoms with Crippen LogP contribution >= 0.6 is 0 Å². The molecule has 0 aromatic heterocycles. The normalized spacial score (nSPS) is 32.2. The van der Waals surface area contributed by atoms with Gasteiger partial charge in [-0.1, -0.05) is 6.42 Å². The summed E-state index contributed by atoms with van der Waals surface area (Å²) in [5, 5.41) is 11.8. The zero-order chi connectivity index (χ0) is 12.6. The van der Waals surface area contributed by atoms with Crippen molar-refractivity contribution in [2.75, 3.05) is 7.05 Å². The third-order valence-electron chi connectivity index (χ3n) is 4.31. The van der Waals surface area contributed by atoms with Crippen molar-refractivity contribution in [3.63, 3.8) is 0 Å². The first-order valence-corrected chi connectivity index (χ1v) is 6.25. The predicted molar refractivity (Wildman–Crippen MR) is 62.6 cm³/mol. The second-order valence-electron chi connectivity index (χ2n) is 5.36. The van der Waals surface area contributed by atoms with Gasteiger partial charge in [-0.2, -0.15) is 0 Å². The van der Waals surface area contributed by atoms with Crippen molar-refractivity contribution in [3.05, 3.63) is 0 Å². The van der Waals surface area contributed by atoms with Crippen LogP contribution in [0.25, 0.3) is 0 Å². The standard InChI is InChI=1S/C12H20N2O3/c1-7(11(15)16)14(2)12(17)13-10-6-8-3-4-9(10)5-8/h7-10H,3-6H2,1-2H3,(H,13,17)(H,15,16). The summed E-state index contributed by atoms with van der Waals surface area (Å²) in [7, 11) is 1.53. The monoisotopic (exact) mass is 240 g/mol. The minimum absolute atomic E-state index is 0.254. The van der Waals surface area contributed by atoms with Crippen LogP contribution in [0.1, 0.15) is 32.6 Å². The lowest BCUT2D eigenvalue weighted by Crippen LogP contribution is -2.50. The molecule has 2 N–H and O–H groups in total. The number of aliphatic carboxylic acids is 1. The summed E-state index contributed by atoms with van der Waals surface area (Å²) in [5.41, 5.74) is 0. The minimum Gasteiger partial charge on any atom is -0.480 e. The molecule has 0 aliphatic heterocycles. The summed E-state index contributed by atoms with van der Waals surface area (Å²) in [6.45, 7) is 1.52. The van der Waals surface area contributed by atoms with Crippen LogP contribution in [0.3, 0.4) is 0 Å². The van der Waals surface area contributed by atoms with Gasteiger partial charge in [0.25, 0.3) is 0 Å². The average Bonchev–Trinajstić information content (AvgIpc) is 2.88. The lowest BCUT2D eigenvalue weighted by Gasteiger charge is -2.28. The van der Waals surface area contributed by atoms with Gasteiger partial charge in [-0.05, 0) is 38.0 Å². The van der Waals surface area contributed by atoms with Crippen LogP contribution in [0.5, 0.6) is 0 Å². The maximum atomic E-state index is 11.9. The van der Waals surface area contributed by atoms with E-state index < -0.39 is 12.0 Å². The lowest BCUT2D eigenvalue weighted by atomic mass is 9.95. The number of carboxylic acid groups (broad SMARTS) is 1. The maximum Gasteiger partial charge on any atom is 0.326 e. The summed E-state index contributed by atoms with van der Waals surface area (Å²) in [4.78, 5) is 23.9. The molecule has 5 nitrogen and oxygen atoms in total. The van der Waals surface area contributed by atoms with E-state index in [4.69, 9.17) is 5.11 Å². The highest BCUT2D eigenvalue weighted by Crippen LogP contribution is 2.44. The molecule has 0 saturated heterocycles. The molecule has 2 fully saturated rings. The van der Waals surface area contributed by atoms with E-state index in [0.717, 1.165) is 12.3 Å². The fraction of sp³-hybridized carbons (Fsp3) is 0.833. The SMILES string of the molecule is CC(C(=O)O)N(C)C(=O)NC1CC2CCC1C2. The molecule has 2 rings (SSSR count). The Morgan fingerprint density at radius 3 is 2.53 bits per heavy atom. The predicted octanol–water partition coefficient (Wildman–Crippen LogP) is 1.29. The van der Waals surface area contributed by atoms with Gasteiger partial charge >= 0.3 is 12.0 Å². The lowest BCUT2D eigenvalue weighted by molar-refractivity contribution is -0.141. The zero-order valence-corrected chi connectivity index (χ0v) is 10.3. The van der Waals surface area contributed by atoms with Crippen molar-refractivity contribution in [3.8, 4) is 0 Å². The first-order valence-electron chi connectivity index (χ1n) is 6.25. The summed E-state index contributed by atoms with van der Waals surface area (Å²) in [5.74, 6) is 0.403. The number of rotatable bonds is 3. The van der Waals surface area contributed by atoms with Gasteiger partial charge in [-0.25, -0.2) is 9.59 Å². The molecule has 96 valence electrons. The third kappa shape index (κ3) is 2.37. The van der Waals surface area contributed by atoms with Crippen molar-refractivity contribution in [2.45, 2.75) is 44.7 Å². The van der Waals surface area contributed by atoms with Crippen molar-refractivity contribution in [1.82, 2.24) is 10.2 Å². The summed E-state index contributed by atoms with van der Waals surface area (Å²) in [6, 6.07) is -0.796. The van der Waals surface area contributed by atoms with Crippen molar-refractivity contribution < 1.29 is 14.7 Å². The number of hydrogen-bond acceptors (Lipinski definition) is 2. The number of urea groups is 1. The summed E-state index contributed by atoms with van der Waals surface area (Å²) in [6.07, 6.45) is 4.78. The Bertz CT molecular complexity index is 332. The number of hydrogen-bond donors (Lipinski definition) is 2. The number of nitrogens with one attached hydrogen (secondary N) is 1.